The molecular weight excluding hydrogens is 324 g/mol. The smallest absolute Gasteiger partial charge is 0.239 e. The van der Waals surface area contributed by atoms with Crippen LogP contribution in [-0.4, -0.2) is 54.0 Å². The Morgan fingerprint density at radius 1 is 1.08 bits per heavy atom. The van der Waals surface area contributed by atoms with E-state index in [0.717, 1.165) is 57.6 Å². The van der Waals surface area contributed by atoms with Crippen LogP contribution in [0.2, 0.25) is 0 Å². The van der Waals surface area contributed by atoms with Crippen LogP contribution >= 0.6 is 0 Å². The van der Waals surface area contributed by atoms with Gasteiger partial charge in [-0.1, -0.05) is 31.5 Å². The lowest BCUT2D eigenvalue weighted by Crippen LogP contribution is -2.53. The van der Waals surface area contributed by atoms with Crippen molar-refractivity contribution in [2.75, 3.05) is 26.2 Å². The molecule has 2 aliphatic rings. The van der Waals surface area contributed by atoms with Crippen molar-refractivity contribution in [2.45, 2.75) is 71.4 Å². The van der Waals surface area contributed by atoms with Crippen LogP contribution in [0.1, 0.15) is 56.6 Å². The van der Waals surface area contributed by atoms with E-state index in [9.17, 15) is 4.79 Å². The third-order valence-electron chi connectivity index (χ3n) is 5.86. The van der Waals surface area contributed by atoms with Gasteiger partial charge in [-0.15, -0.1) is 0 Å². The quantitative estimate of drug-likeness (QED) is 0.799. The first-order valence-corrected chi connectivity index (χ1v) is 10.4. The lowest BCUT2D eigenvalue weighted by Gasteiger charge is -2.40. The summed E-state index contributed by atoms with van der Waals surface area (Å²) < 4.78 is 6.30. The Morgan fingerprint density at radius 2 is 1.77 bits per heavy atom. The Morgan fingerprint density at radius 3 is 2.42 bits per heavy atom. The summed E-state index contributed by atoms with van der Waals surface area (Å²) in [5.41, 5.74) is 2.39. The van der Waals surface area contributed by atoms with Gasteiger partial charge in [0, 0.05) is 25.9 Å². The summed E-state index contributed by atoms with van der Waals surface area (Å²) in [5, 5.41) is 0. The number of benzene rings is 1. The molecule has 1 aromatic carbocycles. The standard InChI is InChI=1S/C22H34N2O2/c1-4-13-23-14-6-5-10-20(23)22(25)24-15-11-19(12-16-24)26-21-17(2)8-7-9-18(21)3/h7-9,19-20H,4-6,10-16H2,1-3H3. The van der Waals surface area contributed by atoms with Crippen molar-refractivity contribution in [2.24, 2.45) is 0 Å². The second-order valence-electron chi connectivity index (χ2n) is 7.91. The zero-order valence-corrected chi connectivity index (χ0v) is 16.7. The molecule has 2 saturated heterocycles. The zero-order chi connectivity index (χ0) is 18.5. The van der Waals surface area contributed by atoms with E-state index in [-0.39, 0.29) is 12.1 Å². The summed E-state index contributed by atoms with van der Waals surface area (Å²) in [5.74, 6) is 1.38. The maximum Gasteiger partial charge on any atom is 0.239 e. The summed E-state index contributed by atoms with van der Waals surface area (Å²) in [6.45, 7) is 10.2. The minimum atomic E-state index is 0.111. The second kappa shape index (κ2) is 8.90. The highest BCUT2D eigenvalue weighted by Gasteiger charge is 2.33. The summed E-state index contributed by atoms with van der Waals surface area (Å²) in [4.78, 5) is 17.5. The van der Waals surface area contributed by atoms with E-state index in [4.69, 9.17) is 4.74 Å². The molecule has 1 aromatic rings. The van der Waals surface area contributed by atoms with Gasteiger partial charge in [0.1, 0.15) is 11.9 Å². The van der Waals surface area contributed by atoms with E-state index in [2.05, 4.69) is 48.8 Å². The van der Waals surface area contributed by atoms with Crippen LogP contribution in [0.3, 0.4) is 0 Å². The fraction of sp³-hybridized carbons (Fsp3) is 0.682. The molecule has 2 heterocycles. The van der Waals surface area contributed by atoms with E-state index in [1.165, 1.54) is 24.0 Å². The first-order chi connectivity index (χ1) is 12.6. The van der Waals surface area contributed by atoms with Crippen LogP contribution in [0.25, 0.3) is 0 Å². The van der Waals surface area contributed by atoms with Crippen molar-refractivity contribution < 1.29 is 9.53 Å². The van der Waals surface area contributed by atoms with E-state index in [1.807, 2.05) is 0 Å². The number of ether oxygens (including phenoxy) is 1. The van der Waals surface area contributed by atoms with Crippen LogP contribution < -0.4 is 4.74 Å². The number of para-hydroxylation sites is 1. The predicted molar refractivity (Wildman–Crippen MR) is 106 cm³/mol. The van der Waals surface area contributed by atoms with Crippen molar-refractivity contribution in [3.63, 3.8) is 0 Å². The number of carbonyl (C=O) groups excluding carboxylic acids is 1. The molecule has 4 heteroatoms. The van der Waals surface area contributed by atoms with Gasteiger partial charge in [0.05, 0.1) is 6.04 Å². The lowest BCUT2D eigenvalue weighted by molar-refractivity contribution is -0.140. The predicted octanol–water partition coefficient (Wildman–Crippen LogP) is 3.94. The van der Waals surface area contributed by atoms with Gasteiger partial charge >= 0.3 is 0 Å². The summed E-state index contributed by atoms with van der Waals surface area (Å²) in [6.07, 6.45) is 6.64. The number of amides is 1. The molecule has 0 spiro atoms. The Balaban J connectivity index is 1.55. The summed E-state index contributed by atoms with van der Waals surface area (Å²) >= 11 is 0. The number of hydrogen-bond donors (Lipinski definition) is 0. The molecule has 0 aromatic heterocycles. The molecule has 0 N–H and O–H groups in total. The number of piperidine rings is 2. The van der Waals surface area contributed by atoms with Gasteiger partial charge in [-0.05, 0) is 57.3 Å². The average molecular weight is 359 g/mol. The maximum atomic E-state index is 13.1. The van der Waals surface area contributed by atoms with Gasteiger partial charge in [-0.25, -0.2) is 0 Å². The molecule has 0 aliphatic carbocycles. The van der Waals surface area contributed by atoms with Crippen LogP contribution in [0, 0.1) is 13.8 Å². The zero-order valence-electron chi connectivity index (χ0n) is 16.7. The van der Waals surface area contributed by atoms with Crippen molar-refractivity contribution in [3.8, 4) is 5.75 Å². The average Bonchev–Trinajstić information content (AvgIpc) is 2.66. The van der Waals surface area contributed by atoms with E-state index in [1.54, 1.807) is 0 Å². The SMILES string of the molecule is CCCN1CCCCC1C(=O)N1CCC(Oc2c(C)cccc2C)CC1. The first-order valence-electron chi connectivity index (χ1n) is 10.4. The molecule has 2 aliphatic heterocycles. The van der Waals surface area contributed by atoms with Crippen LogP contribution in [0.4, 0.5) is 0 Å². The van der Waals surface area contributed by atoms with E-state index in [0.29, 0.717) is 5.91 Å². The van der Waals surface area contributed by atoms with Crippen molar-refractivity contribution in [1.29, 1.82) is 0 Å². The molecule has 2 fully saturated rings. The number of nitrogens with zero attached hydrogens (tertiary/aromatic N) is 2. The molecule has 0 bridgehead atoms. The summed E-state index contributed by atoms with van der Waals surface area (Å²) in [7, 11) is 0. The van der Waals surface area contributed by atoms with Crippen LogP contribution in [0.15, 0.2) is 18.2 Å². The van der Waals surface area contributed by atoms with Gasteiger partial charge in [0.2, 0.25) is 5.91 Å². The number of carbonyl (C=O) groups is 1. The molecule has 0 saturated carbocycles. The van der Waals surface area contributed by atoms with E-state index >= 15 is 0 Å². The van der Waals surface area contributed by atoms with Gasteiger partial charge in [0.15, 0.2) is 0 Å². The maximum absolute atomic E-state index is 13.1. The van der Waals surface area contributed by atoms with Crippen molar-refractivity contribution in [1.82, 2.24) is 9.80 Å². The highest BCUT2D eigenvalue weighted by atomic mass is 16.5. The fourth-order valence-corrected chi connectivity index (χ4v) is 4.38. The molecule has 144 valence electrons. The van der Waals surface area contributed by atoms with E-state index < -0.39 is 0 Å². The molecule has 1 atom stereocenters. The van der Waals surface area contributed by atoms with Gasteiger partial charge in [0.25, 0.3) is 0 Å². The molecule has 1 amide bonds. The number of rotatable bonds is 5. The number of hydrogen-bond acceptors (Lipinski definition) is 3. The molecule has 26 heavy (non-hydrogen) atoms. The Bertz CT molecular complexity index is 586. The van der Waals surface area contributed by atoms with Gasteiger partial charge in [-0.2, -0.15) is 0 Å². The Kier molecular flexibility index (Phi) is 6.58. The molecule has 4 nitrogen and oxygen atoms in total. The highest BCUT2D eigenvalue weighted by molar-refractivity contribution is 5.82. The van der Waals surface area contributed by atoms with Crippen molar-refractivity contribution in [3.05, 3.63) is 29.3 Å². The molecule has 0 radical (unpaired) electrons. The first kappa shape index (κ1) is 19.2. The number of likely N-dealkylation sites (tertiary alicyclic amines) is 2. The Hall–Kier alpha value is -1.55. The van der Waals surface area contributed by atoms with Crippen molar-refractivity contribution >= 4 is 5.91 Å². The number of aryl methyl sites for hydroxylation is 2. The second-order valence-corrected chi connectivity index (χ2v) is 7.91. The monoisotopic (exact) mass is 358 g/mol. The highest BCUT2D eigenvalue weighted by Crippen LogP contribution is 2.27. The third kappa shape index (κ3) is 4.40. The Labute approximate surface area is 158 Å². The minimum absolute atomic E-state index is 0.111. The minimum Gasteiger partial charge on any atom is -0.490 e. The summed E-state index contributed by atoms with van der Waals surface area (Å²) in [6, 6.07) is 6.39. The van der Waals surface area contributed by atoms with Gasteiger partial charge < -0.3 is 9.64 Å². The normalized spacial score (nSPS) is 22.4. The third-order valence-corrected chi connectivity index (χ3v) is 5.86. The lowest BCUT2D eigenvalue weighted by atomic mass is 9.99. The van der Waals surface area contributed by atoms with Crippen LogP contribution in [-0.2, 0) is 4.79 Å². The molecular formula is C22H34N2O2. The molecule has 1 unspecified atom stereocenters. The largest absolute Gasteiger partial charge is 0.490 e. The van der Waals surface area contributed by atoms with Gasteiger partial charge in [-0.3, -0.25) is 9.69 Å². The fourth-order valence-electron chi connectivity index (χ4n) is 4.38. The topological polar surface area (TPSA) is 32.8 Å². The molecule has 3 rings (SSSR count). The van der Waals surface area contributed by atoms with Crippen LogP contribution in [0.5, 0.6) is 5.75 Å².